The van der Waals surface area contributed by atoms with Crippen molar-refractivity contribution in [3.63, 3.8) is 0 Å². The van der Waals surface area contributed by atoms with Crippen molar-refractivity contribution < 1.29 is 14.3 Å². The zero-order chi connectivity index (χ0) is 23.0. The molecule has 1 aliphatic rings. The van der Waals surface area contributed by atoms with E-state index < -0.39 is 0 Å². The van der Waals surface area contributed by atoms with Gasteiger partial charge in [0.15, 0.2) is 16.7 Å². The van der Waals surface area contributed by atoms with E-state index in [0.29, 0.717) is 33.7 Å². The third-order valence-corrected chi connectivity index (χ3v) is 5.63. The number of rotatable bonds is 7. The molecule has 33 heavy (non-hydrogen) atoms. The molecule has 0 unspecified atom stereocenters. The fourth-order valence-corrected chi connectivity index (χ4v) is 4.01. The van der Waals surface area contributed by atoms with Crippen LogP contribution in [-0.2, 0) is 11.4 Å². The van der Waals surface area contributed by atoms with Crippen LogP contribution in [0.15, 0.2) is 82.7 Å². The van der Waals surface area contributed by atoms with E-state index in [0.717, 1.165) is 16.8 Å². The van der Waals surface area contributed by atoms with Gasteiger partial charge in [-0.15, -0.1) is 0 Å². The fraction of sp³-hybridized carbons (Fsp3) is 0.115. The van der Waals surface area contributed by atoms with Gasteiger partial charge < -0.3 is 14.8 Å². The maximum Gasteiger partial charge on any atom is 0.264 e. The Hall–Kier alpha value is -4.02. The maximum atomic E-state index is 12.4. The molecule has 3 aromatic carbocycles. The molecule has 1 heterocycles. The molecular weight excluding hydrogens is 434 g/mol. The van der Waals surface area contributed by atoms with Gasteiger partial charge in [-0.05, 0) is 60.7 Å². The van der Waals surface area contributed by atoms with Crippen LogP contribution < -0.4 is 14.8 Å². The summed E-state index contributed by atoms with van der Waals surface area (Å²) >= 11 is 1.29. The summed E-state index contributed by atoms with van der Waals surface area (Å²) in [6, 6.07) is 24.5. The summed E-state index contributed by atoms with van der Waals surface area (Å²) < 4.78 is 11.7. The van der Waals surface area contributed by atoms with Crippen molar-refractivity contribution in [3.8, 4) is 17.6 Å². The molecular formula is C26H21N3O3S. The number of hydrogen-bond acceptors (Lipinski definition) is 6. The highest BCUT2D eigenvalue weighted by molar-refractivity contribution is 8.18. The van der Waals surface area contributed by atoms with Gasteiger partial charge in [0.05, 0.1) is 28.8 Å². The van der Waals surface area contributed by atoms with Crippen LogP contribution in [-0.4, -0.2) is 17.7 Å². The number of carbonyl (C=O) groups excluding carboxylic acids is 1. The van der Waals surface area contributed by atoms with Gasteiger partial charge in [-0.1, -0.05) is 42.5 Å². The molecule has 1 fully saturated rings. The van der Waals surface area contributed by atoms with Crippen molar-refractivity contribution in [3.05, 3.63) is 94.4 Å². The highest BCUT2D eigenvalue weighted by Gasteiger charge is 2.24. The molecule has 1 saturated heterocycles. The summed E-state index contributed by atoms with van der Waals surface area (Å²) in [5, 5.41) is 12.6. The number of aliphatic imine (C=N–C) groups is 1. The number of para-hydroxylation sites is 1. The fourth-order valence-electron chi connectivity index (χ4n) is 3.16. The van der Waals surface area contributed by atoms with Gasteiger partial charge in [-0.25, -0.2) is 4.99 Å². The molecule has 0 spiro atoms. The van der Waals surface area contributed by atoms with Gasteiger partial charge in [0, 0.05) is 5.56 Å². The SMILES string of the molecule is CCOc1cc(/C=C2/SC(=Nc3ccccc3)NC2=O)ccc1OCc1ccccc1C#N. The van der Waals surface area contributed by atoms with E-state index >= 15 is 0 Å². The van der Waals surface area contributed by atoms with E-state index in [1.165, 1.54) is 11.8 Å². The number of amidine groups is 1. The van der Waals surface area contributed by atoms with Crippen LogP contribution in [0.5, 0.6) is 11.5 Å². The maximum absolute atomic E-state index is 12.4. The van der Waals surface area contributed by atoms with Crippen LogP contribution in [0.1, 0.15) is 23.6 Å². The number of thioether (sulfide) groups is 1. The lowest BCUT2D eigenvalue weighted by Gasteiger charge is -2.13. The Morgan fingerprint density at radius 3 is 2.61 bits per heavy atom. The number of benzene rings is 3. The summed E-state index contributed by atoms with van der Waals surface area (Å²) in [4.78, 5) is 17.4. The number of amides is 1. The zero-order valence-electron chi connectivity index (χ0n) is 17.9. The van der Waals surface area contributed by atoms with E-state index in [9.17, 15) is 10.1 Å². The number of nitrogens with one attached hydrogen (secondary N) is 1. The summed E-state index contributed by atoms with van der Waals surface area (Å²) in [6.45, 7) is 2.61. The Morgan fingerprint density at radius 1 is 1.03 bits per heavy atom. The molecule has 0 radical (unpaired) electrons. The van der Waals surface area contributed by atoms with Crippen molar-refractivity contribution in [1.29, 1.82) is 5.26 Å². The van der Waals surface area contributed by atoms with E-state index in [1.807, 2.05) is 73.7 Å². The molecule has 1 amide bonds. The molecule has 0 saturated carbocycles. The molecule has 0 bridgehead atoms. The first-order valence-corrected chi connectivity index (χ1v) is 11.2. The van der Waals surface area contributed by atoms with Gasteiger partial charge in [0.2, 0.25) is 0 Å². The molecule has 0 aromatic heterocycles. The van der Waals surface area contributed by atoms with Crippen molar-refractivity contribution in [2.45, 2.75) is 13.5 Å². The molecule has 0 atom stereocenters. The van der Waals surface area contributed by atoms with E-state index in [2.05, 4.69) is 16.4 Å². The first kappa shape index (κ1) is 22.2. The smallest absolute Gasteiger partial charge is 0.264 e. The predicted octanol–water partition coefficient (Wildman–Crippen LogP) is 5.43. The highest BCUT2D eigenvalue weighted by atomic mass is 32.2. The first-order valence-electron chi connectivity index (χ1n) is 10.4. The van der Waals surface area contributed by atoms with Crippen LogP contribution >= 0.6 is 11.8 Å². The molecule has 7 heteroatoms. The highest BCUT2D eigenvalue weighted by Crippen LogP contribution is 2.33. The second-order valence-electron chi connectivity index (χ2n) is 7.01. The number of nitriles is 1. The van der Waals surface area contributed by atoms with Gasteiger partial charge in [-0.2, -0.15) is 5.26 Å². The average Bonchev–Trinajstić information content (AvgIpc) is 3.17. The monoisotopic (exact) mass is 455 g/mol. The van der Waals surface area contributed by atoms with Crippen molar-refractivity contribution in [1.82, 2.24) is 5.32 Å². The second kappa shape index (κ2) is 10.5. The molecule has 1 aliphatic heterocycles. The third kappa shape index (κ3) is 5.62. The quantitative estimate of drug-likeness (QED) is 0.481. The molecule has 3 aromatic rings. The Kier molecular flexibility index (Phi) is 7.08. The minimum absolute atomic E-state index is 0.193. The summed E-state index contributed by atoms with van der Waals surface area (Å²) in [6.07, 6.45) is 1.80. The topological polar surface area (TPSA) is 83.7 Å². The molecule has 164 valence electrons. The van der Waals surface area contributed by atoms with Gasteiger partial charge in [-0.3, -0.25) is 4.79 Å². The van der Waals surface area contributed by atoms with Gasteiger partial charge in [0.25, 0.3) is 5.91 Å². The lowest BCUT2D eigenvalue weighted by Crippen LogP contribution is -2.19. The van der Waals surface area contributed by atoms with Gasteiger partial charge in [0.1, 0.15) is 6.61 Å². The van der Waals surface area contributed by atoms with Crippen LogP contribution in [0.25, 0.3) is 6.08 Å². The number of carbonyl (C=O) groups is 1. The second-order valence-corrected chi connectivity index (χ2v) is 8.04. The lowest BCUT2D eigenvalue weighted by molar-refractivity contribution is -0.115. The van der Waals surface area contributed by atoms with Crippen molar-refractivity contribution in [2.24, 2.45) is 4.99 Å². The Labute approximate surface area is 196 Å². The lowest BCUT2D eigenvalue weighted by atomic mass is 10.1. The predicted molar refractivity (Wildman–Crippen MR) is 130 cm³/mol. The van der Waals surface area contributed by atoms with Crippen LogP contribution in [0, 0.1) is 11.3 Å². The van der Waals surface area contributed by atoms with E-state index in [1.54, 1.807) is 12.1 Å². The van der Waals surface area contributed by atoms with E-state index in [4.69, 9.17) is 9.47 Å². The minimum atomic E-state index is -0.193. The molecule has 0 aliphatic carbocycles. The summed E-state index contributed by atoms with van der Waals surface area (Å²) in [5.41, 5.74) is 2.97. The zero-order valence-corrected chi connectivity index (χ0v) is 18.8. The largest absolute Gasteiger partial charge is 0.490 e. The van der Waals surface area contributed by atoms with Crippen molar-refractivity contribution in [2.75, 3.05) is 6.61 Å². The number of nitrogens with zero attached hydrogens (tertiary/aromatic N) is 2. The number of ether oxygens (including phenoxy) is 2. The van der Waals surface area contributed by atoms with E-state index in [-0.39, 0.29) is 12.5 Å². The van der Waals surface area contributed by atoms with Crippen LogP contribution in [0.3, 0.4) is 0 Å². The standard InChI is InChI=1S/C26H21N3O3S/c1-2-31-23-14-18(12-13-22(23)32-17-20-9-7-6-8-19(20)16-27)15-24-25(30)29-26(33-24)28-21-10-4-3-5-11-21/h3-15H,2,17H2,1H3,(H,28,29,30)/b24-15+. The van der Waals surface area contributed by atoms with Crippen LogP contribution in [0.4, 0.5) is 5.69 Å². The Bertz CT molecular complexity index is 1260. The summed E-state index contributed by atoms with van der Waals surface area (Å²) in [5.74, 6) is 0.950. The number of hydrogen-bond donors (Lipinski definition) is 1. The van der Waals surface area contributed by atoms with Gasteiger partial charge >= 0.3 is 0 Å². The minimum Gasteiger partial charge on any atom is -0.490 e. The summed E-state index contributed by atoms with van der Waals surface area (Å²) in [7, 11) is 0. The third-order valence-electron chi connectivity index (χ3n) is 4.72. The first-order chi connectivity index (χ1) is 16.2. The normalized spacial score (nSPS) is 15.3. The molecule has 6 nitrogen and oxygen atoms in total. The average molecular weight is 456 g/mol. The van der Waals surface area contributed by atoms with Crippen LogP contribution in [0.2, 0.25) is 0 Å². The van der Waals surface area contributed by atoms with Crippen molar-refractivity contribution >= 4 is 34.6 Å². The molecule has 1 N–H and O–H groups in total. The Morgan fingerprint density at radius 2 is 1.82 bits per heavy atom. The molecule has 4 rings (SSSR count). The Balaban J connectivity index is 1.52.